The van der Waals surface area contributed by atoms with Crippen molar-refractivity contribution in [3.8, 4) is 17.1 Å². The van der Waals surface area contributed by atoms with Crippen molar-refractivity contribution in [1.82, 2.24) is 33.1 Å². The lowest BCUT2D eigenvalue weighted by atomic mass is 10.1. The summed E-state index contributed by atoms with van der Waals surface area (Å²) >= 11 is 0. The quantitative estimate of drug-likeness (QED) is 0.199. The molecular weight excluding hydrogens is 578 g/mol. The van der Waals surface area contributed by atoms with Crippen molar-refractivity contribution >= 4 is 49.7 Å². The number of hydrogen-bond donors (Lipinski definition) is 0. The van der Waals surface area contributed by atoms with Crippen LogP contribution in [-0.2, 0) is 0 Å². The summed E-state index contributed by atoms with van der Waals surface area (Å²) < 4.78 is 9.34. The lowest BCUT2D eigenvalue weighted by Crippen LogP contribution is -2.08. The molecule has 0 N–H and O–H groups in total. The molecule has 0 radical (unpaired) electrons. The highest BCUT2D eigenvalue weighted by molar-refractivity contribution is 6.09. The second-order valence-corrected chi connectivity index (χ2v) is 12.0. The van der Waals surface area contributed by atoms with Crippen molar-refractivity contribution in [1.29, 1.82) is 0 Å². The van der Waals surface area contributed by atoms with E-state index in [0.29, 0.717) is 0 Å². The zero-order chi connectivity index (χ0) is 32.6. The second kappa shape index (κ2) is 10.7. The molecule has 0 unspecified atom stereocenters. The Morgan fingerprint density at radius 2 is 1.26 bits per heavy atom. The first kappa shape index (κ1) is 28.8. The van der Waals surface area contributed by atoms with Gasteiger partial charge in [0.25, 0.3) is 0 Å². The van der Waals surface area contributed by atoms with Crippen LogP contribution < -0.4 is 0 Å². The van der Waals surface area contributed by atoms with Crippen LogP contribution in [0, 0.1) is 34.6 Å². The van der Waals surface area contributed by atoms with Crippen LogP contribution in [0.3, 0.4) is 0 Å². The van der Waals surface area contributed by atoms with Gasteiger partial charge in [0.15, 0.2) is 5.65 Å². The van der Waals surface area contributed by atoms with Gasteiger partial charge < -0.3 is 4.57 Å². The molecule has 0 amide bonds. The molecule has 4 aromatic carbocycles. The lowest BCUT2D eigenvalue weighted by Gasteiger charge is -2.18. The van der Waals surface area contributed by atoms with Gasteiger partial charge in [-0.05, 0) is 88.7 Å². The van der Waals surface area contributed by atoms with E-state index in [0.717, 1.165) is 62.2 Å². The van der Waals surface area contributed by atoms with Gasteiger partial charge in [0.2, 0.25) is 0 Å². The Kier molecular flexibility index (Phi) is 6.55. The first-order valence-corrected chi connectivity index (χ1v) is 16.3. The molecule has 0 atom stereocenters. The molecule has 5 aromatic heterocycles. The summed E-state index contributed by atoms with van der Waals surface area (Å²) in [6.45, 7) is 14.4. The predicted molar refractivity (Wildman–Crippen MR) is 194 cm³/mol. The third-order valence-electron chi connectivity index (χ3n) is 9.21. The Balaban J connectivity index is 0.00000159. The molecule has 0 saturated heterocycles. The minimum absolute atomic E-state index is 0.740. The van der Waals surface area contributed by atoms with Crippen molar-refractivity contribution in [3.63, 3.8) is 0 Å². The summed E-state index contributed by atoms with van der Waals surface area (Å²) in [7, 11) is 0. The van der Waals surface area contributed by atoms with Crippen LogP contribution >= 0.6 is 0 Å². The van der Waals surface area contributed by atoms with Gasteiger partial charge in [-0.15, -0.1) is 0 Å². The fourth-order valence-electron chi connectivity index (χ4n) is 7.33. The second-order valence-electron chi connectivity index (χ2n) is 12.0. The number of rotatable bonds is 3. The van der Waals surface area contributed by atoms with Crippen LogP contribution in [0.5, 0.6) is 0 Å². The molecule has 0 saturated carbocycles. The lowest BCUT2D eigenvalue weighted by molar-refractivity contribution is 0.951. The van der Waals surface area contributed by atoms with Gasteiger partial charge in [-0.3, -0.25) is 13.5 Å². The number of hydrogen-bond acceptors (Lipinski definition) is 3. The normalized spacial score (nSPS) is 11.7. The fourth-order valence-corrected chi connectivity index (χ4v) is 7.33. The van der Waals surface area contributed by atoms with E-state index in [1.807, 2.05) is 34.6 Å². The molecule has 232 valence electrons. The Bertz CT molecular complexity index is 2610. The number of nitrogens with zero attached hydrogens (tertiary/aromatic N) is 7. The minimum Gasteiger partial charge on any atom is -0.309 e. The standard InChI is InChI=1S/C38H31N7.C2H6/c1-22-11-10-16-33(43-26(5)41-36-24(3)39-25(4)40-38(36)43)37(22)45-32-19-18-27(21-34(32)42-23(2)17-20-35(42)45)44-30-14-8-6-12-28(30)29-13-7-9-15-31(29)44;1-2/h6-21H,1-5H3;1-2H3. The summed E-state index contributed by atoms with van der Waals surface area (Å²) in [4.78, 5) is 14.4. The highest BCUT2D eigenvalue weighted by Crippen LogP contribution is 2.37. The monoisotopic (exact) mass is 615 g/mol. The molecule has 0 aliphatic carbocycles. The highest BCUT2D eigenvalue weighted by Gasteiger charge is 2.23. The topological polar surface area (TPSA) is 57.9 Å². The first-order chi connectivity index (χ1) is 22.9. The van der Waals surface area contributed by atoms with Crippen LogP contribution in [0.1, 0.15) is 42.4 Å². The van der Waals surface area contributed by atoms with E-state index in [2.05, 4.69) is 134 Å². The van der Waals surface area contributed by atoms with E-state index in [4.69, 9.17) is 9.97 Å². The first-order valence-electron chi connectivity index (χ1n) is 16.3. The Morgan fingerprint density at radius 1 is 0.553 bits per heavy atom. The van der Waals surface area contributed by atoms with Gasteiger partial charge in [0.05, 0.1) is 39.1 Å². The molecule has 7 nitrogen and oxygen atoms in total. The van der Waals surface area contributed by atoms with E-state index >= 15 is 0 Å². The van der Waals surface area contributed by atoms with E-state index in [-0.39, 0.29) is 0 Å². The molecule has 5 heterocycles. The van der Waals surface area contributed by atoms with Gasteiger partial charge in [0.1, 0.15) is 22.8 Å². The van der Waals surface area contributed by atoms with Crippen molar-refractivity contribution in [2.75, 3.05) is 0 Å². The number of aromatic nitrogens is 7. The summed E-state index contributed by atoms with van der Waals surface area (Å²) in [5, 5.41) is 2.52. The predicted octanol–water partition coefficient (Wildman–Crippen LogP) is 9.68. The van der Waals surface area contributed by atoms with Crippen molar-refractivity contribution in [2.45, 2.75) is 48.5 Å². The van der Waals surface area contributed by atoms with Gasteiger partial charge in [-0.1, -0.05) is 62.4 Å². The van der Waals surface area contributed by atoms with E-state index in [9.17, 15) is 0 Å². The smallest absolute Gasteiger partial charge is 0.168 e. The average molecular weight is 616 g/mol. The molecule has 7 heteroatoms. The maximum absolute atomic E-state index is 4.92. The van der Waals surface area contributed by atoms with Crippen LogP contribution in [0.25, 0.3) is 66.7 Å². The molecule has 0 aliphatic heterocycles. The van der Waals surface area contributed by atoms with E-state index < -0.39 is 0 Å². The van der Waals surface area contributed by atoms with Crippen molar-refractivity contribution < 1.29 is 0 Å². The molecule has 9 aromatic rings. The zero-order valence-electron chi connectivity index (χ0n) is 27.9. The van der Waals surface area contributed by atoms with Gasteiger partial charge >= 0.3 is 0 Å². The molecule has 0 fully saturated rings. The number of aryl methyl sites for hydroxylation is 5. The van der Waals surface area contributed by atoms with Gasteiger partial charge in [0, 0.05) is 22.2 Å². The third kappa shape index (κ3) is 4.09. The summed E-state index contributed by atoms with van der Waals surface area (Å²) in [5.41, 5.74) is 14.0. The highest BCUT2D eigenvalue weighted by atomic mass is 15.2. The maximum Gasteiger partial charge on any atom is 0.168 e. The molecule has 0 aliphatic rings. The fraction of sp³-hybridized carbons (Fsp3) is 0.175. The van der Waals surface area contributed by atoms with Crippen LogP contribution in [0.4, 0.5) is 0 Å². The zero-order valence-corrected chi connectivity index (χ0v) is 27.9. The number of fused-ring (bicyclic) bond motifs is 7. The molecule has 47 heavy (non-hydrogen) atoms. The SMILES string of the molecule is CC.Cc1nc(C)c2nc(C)n(-c3cccc(C)c3-n3c4ccc(-n5c6ccccc6c6ccccc65)cc4n4c(C)ccc34)c2n1. The third-order valence-corrected chi connectivity index (χ3v) is 9.21. The molecular formula is C40H37N7. The van der Waals surface area contributed by atoms with Gasteiger partial charge in [-0.2, -0.15) is 0 Å². The number of imidazole rings is 2. The largest absolute Gasteiger partial charge is 0.309 e. The maximum atomic E-state index is 4.92. The van der Waals surface area contributed by atoms with Crippen molar-refractivity contribution in [2.24, 2.45) is 0 Å². The Hall–Kier alpha value is -5.69. The number of para-hydroxylation sites is 3. The Labute approximate surface area is 273 Å². The summed E-state index contributed by atoms with van der Waals surface area (Å²) in [6, 6.07) is 35.1. The summed E-state index contributed by atoms with van der Waals surface area (Å²) in [5.74, 6) is 1.62. The Morgan fingerprint density at radius 3 is 1.98 bits per heavy atom. The van der Waals surface area contributed by atoms with Crippen LogP contribution in [0.2, 0.25) is 0 Å². The minimum atomic E-state index is 0.740. The molecule has 0 bridgehead atoms. The molecule has 9 rings (SSSR count). The van der Waals surface area contributed by atoms with E-state index in [1.165, 1.54) is 33.1 Å². The van der Waals surface area contributed by atoms with E-state index in [1.54, 1.807) is 0 Å². The van der Waals surface area contributed by atoms with Gasteiger partial charge in [-0.25, -0.2) is 15.0 Å². The van der Waals surface area contributed by atoms with Crippen LogP contribution in [0.15, 0.2) is 97.1 Å². The summed E-state index contributed by atoms with van der Waals surface area (Å²) in [6.07, 6.45) is 0. The average Bonchev–Trinajstić information content (AvgIpc) is 3.81. The van der Waals surface area contributed by atoms with Crippen molar-refractivity contribution in [3.05, 3.63) is 126 Å². The number of benzene rings is 4. The van der Waals surface area contributed by atoms with Crippen LogP contribution in [-0.4, -0.2) is 33.1 Å². The molecule has 0 spiro atoms.